The molecule has 0 spiro atoms. The van der Waals surface area contributed by atoms with E-state index >= 15 is 0 Å². The van der Waals surface area contributed by atoms with E-state index in [1.807, 2.05) is 6.20 Å². The van der Waals surface area contributed by atoms with Crippen molar-refractivity contribution in [2.45, 2.75) is 25.3 Å². The van der Waals surface area contributed by atoms with E-state index in [4.69, 9.17) is 0 Å². The Bertz CT molecular complexity index is 306. The number of aromatic nitrogens is 3. The van der Waals surface area contributed by atoms with Gasteiger partial charge in [-0.3, -0.25) is 0 Å². The van der Waals surface area contributed by atoms with Gasteiger partial charge in [0, 0.05) is 6.54 Å². The highest BCUT2D eigenvalue weighted by molar-refractivity contribution is 5.03. The Morgan fingerprint density at radius 2 is 2.46 bits per heavy atom. The molecule has 2 aliphatic rings. The van der Waals surface area contributed by atoms with Crippen molar-refractivity contribution in [1.29, 1.82) is 0 Å². The lowest BCUT2D eigenvalue weighted by molar-refractivity contribution is 0.196. The zero-order valence-corrected chi connectivity index (χ0v) is 7.61. The highest BCUT2D eigenvalue weighted by Gasteiger charge is 2.31. The maximum atomic E-state index is 4.18. The first kappa shape index (κ1) is 7.50. The number of nitrogens with one attached hydrogen (secondary N) is 1. The quantitative estimate of drug-likeness (QED) is 0.624. The molecule has 0 aromatic carbocycles. The fourth-order valence-corrected chi connectivity index (χ4v) is 2.58. The van der Waals surface area contributed by atoms with E-state index < -0.39 is 0 Å². The van der Waals surface area contributed by atoms with Crippen LogP contribution in [-0.2, 0) is 6.42 Å². The van der Waals surface area contributed by atoms with Gasteiger partial charge in [-0.05, 0) is 31.7 Å². The number of hydrogen-bond acceptors (Lipinski definition) is 3. The van der Waals surface area contributed by atoms with Crippen LogP contribution in [0.3, 0.4) is 0 Å². The molecular formula is C9H14N4. The number of piperidine rings is 1. The largest absolute Gasteiger partial charge is 0.316 e. The first-order valence-electron chi connectivity index (χ1n) is 5.05. The van der Waals surface area contributed by atoms with Gasteiger partial charge in [-0.25, -0.2) is 4.68 Å². The van der Waals surface area contributed by atoms with E-state index in [9.17, 15) is 0 Å². The van der Waals surface area contributed by atoms with Crippen LogP contribution in [0, 0.1) is 5.92 Å². The molecule has 1 saturated heterocycles. The zero-order chi connectivity index (χ0) is 8.67. The van der Waals surface area contributed by atoms with E-state index in [-0.39, 0.29) is 0 Å². The standard InChI is InChI=1S/C9H14N4/c1-2-8-6-11-12-13(8)9-3-4-10-5-7(1)9/h6-7,9-10H,1-5H2. The minimum absolute atomic E-state index is 0.618. The summed E-state index contributed by atoms with van der Waals surface area (Å²) >= 11 is 0. The van der Waals surface area contributed by atoms with Crippen LogP contribution in [-0.4, -0.2) is 28.1 Å². The summed E-state index contributed by atoms with van der Waals surface area (Å²) in [5, 5.41) is 11.6. The molecule has 0 saturated carbocycles. The smallest absolute Gasteiger partial charge is 0.0725 e. The highest BCUT2D eigenvalue weighted by atomic mass is 15.4. The van der Waals surface area contributed by atoms with Crippen molar-refractivity contribution in [1.82, 2.24) is 20.3 Å². The first-order valence-corrected chi connectivity index (χ1v) is 5.05. The zero-order valence-electron chi connectivity index (χ0n) is 7.61. The van der Waals surface area contributed by atoms with Crippen molar-refractivity contribution in [2.75, 3.05) is 13.1 Å². The van der Waals surface area contributed by atoms with Crippen molar-refractivity contribution in [2.24, 2.45) is 5.92 Å². The van der Waals surface area contributed by atoms with Gasteiger partial charge >= 0.3 is 0 Å². The third-order valence-corrected chi connectivity index (χ3v) is 3.30. The Balaban J connectivity index is 1.97. The van der Waals surface area contributed by atoms with Crippen LogP contribution in [0.2, 0.25) is 0 Å². The molecule has 13 heavy (non-hydrogen) atoms. The maximum absolute atomic E-state index is 4.18. The van der Waals surface area contributed by atoms with Crippen molar-refractivity contribution < 1.29 is 0 Å². The number of aryl methyl sites for hydroxylation is 1. The number of rotatable bonds is 0. The summed E-state index contributed by atoms with van der Waals surface area (Å²) in [4.78, 5) is 0. The molecule has 1 aromatic heterocycles. The Labute approximate surface area is 77.3 Å². The van der Waals surface area contributed by atoms with Gasteiger partial charge < -0.3 is 5.32 Å². The van der Waals surface area contributed by atoms with Crippen molar-refractivity contribution in [3.63, 3.8) is 0 Å². The minimum Gasteiger partial charge on any atom is -0.316 e. The second-order valence-electron chi connectivity index (χ2n) is 4.03. The number of fused-ring (bicyclic) bond motifs is 3. The van der Waals surface area contributed by atoms with Gasteiger partial charge in [0.25, 0.3) is 0 Å². The molecule has 0 bridgehead atoms. The molecule has 3 heterocycles. The lowest BCUT2D eigenvalue weighted by Gasteiger charge is -2.36. The van der Waals surface area contributed by atoms with Crippen molar-refractivity contribution >= 4 is 0 Å². The summed E-state index contributed by atoms with van der Waals surface area (Å²) < 4.78 is 2.15. The second kappa shape index (κ2) is 2.80. The molecule has 0 aliphatic carbocycles. The van der Waals surface area contributed by atoms with Gasteiger partial charge in [0.2, 0.25) is 0 Å². The molecule has 4 heteroatoms. The molecule has 4 nitrogen and oxygen atoms in total. The molecule has 2 atom stereocenters. The van der Waals surface area contributed by atoms with Gasteiger partial charge in [0.1, 0.15) is 0 Å². The summed E-state index contributed by atoms with van der Waals surface area (Å²) in [5.74, 6) is 0.781. The van der Waals surface area contributed by atoms with Gasteiger partial charge in [-0.1, -0.05) is 5.21 Å². The Hall–Kier alpha value is -0.900. The summed E-state index contributed by atoms with van der Waals surface area (Å²) in [6, 6.07) is 0.618. The van der Waals surface area contributed by atoms with Gasteiger partial charge in [-0.15, -0.1) is 5.10 Å². The van der Waals surface area contributed by atoms with Crippen LogP contribution >= 0.6 is 0 Å². The van der Waals surface area contributed by atoms with Crippen LogP contribution in [0.5, 0.6) is 0 Å². The summed E-state index contributed by atoms with van der Waals surface area (Å²) in [6.07, 6.45) is 5.57. The van der Waals surface area contributed by atoms with E-state index in [0.717, 1.165) is 25.4 Å². The Morgan fingerprint density at radius 1 is 1.46 bits per heavy atom. The molecule has 0 amide bonds. The predicted molar refractivity (Wildman–Crippen MR) is 48.4 cm³/mol. The minimum atomic E-state index is 0.618. The van der Waals surface area contributed by atoms with Gasteiger partial charge in [0.15, 0.2) is 0 Å². The topological polar surface area (TPSA) is 42.7 Å². The summed E-state index contributed by atoms with van der Waals surface area (Å²) in [7, 11) is 0. The van der Waals surface area contributed by atoms with E-state index in [1.54, 1.807) is 0 Å². The molecular weight excluding hydrogens is 164 g/mol. The SMILES string of the molecule is c1nnn2c1CCC1CNCCC12. The fourth-order valence-electron chi connectivity index (χ4n) is 2.58. The lowest BCUT2D eigenvalue weighted by Crippen LogP contribution is -2.41. The normalized spacial score (nSPS) is 32.3. The van der Waals surface area contributed by atoms with Crippen LogP contribution in [0.15, 0.2) is 6.20 Å². The molecule has 0 radical (unpaired) electrons. The third-order valence-electron chi connectivity index (χ3n) is 3.30. The van der Waals surface area contributed by atoms with E-state index in [1.165, 1.54) is 18.5 Å². The molecule has 2 unspecified atom stereocenters. The predicted octanol–water partition coefficient (Wildman–Crippen LogP) is 0.375. The fraction of sp³-hybridized carbons (Fsp3) is 0.778. The van der Waals surface area contributed by atoms with Crippen LogP contribution < -0.4 is 5.32 Å². The molecule has 1 N–H and O–H groups in total. The lowest BCUT2D eigenvalue weighted by atomic mass is 9.86. The van der Waals surface area contributed by atoms with Gasteiger partial charge in [-0.2, -0.15) is 0 Å². The first-order chi connectivity index (χ1) is 6.45. The molecule has 2 aliphatic heterocycles. The van der Waals surface area contributed by atoms with Gasteiger partial charge in [0.05, 0.1) is 17.9 Å². The molecule has 1 fully saturated rings. The molecule has 3 rings (SSSR count). The molecule has 1 aromatic rings. The average Bonchev–Trinajstić information content (AvgIpc) is 2.65. The van der Waals surface area contributed by atoms with Crippen molar-refractivity contribution in [3.8, 4) is 0 Å². The van der Waals surface area contributed by atoms with Crippen molar-refractivity contribution in [3.05, 3.63) is 11.9 Å². The van der Waals surface area contributed by atoms with E-state index in [2.05, 4.69) is 20.3 Å². The summed E-state index contributed by atoms with van der Waals surface area (Å²) in [5.41, 5.74) is 1.32. The summed E-state index contributed by atoms with van der Waals surface area (Å²) in [6.45, 7) is 2.28. The number of hydrogen-bond donors (Lipinski definition) is 1. The monoisotopic (exact) mass is 178 g/mol. The Kier molecular flexibility index (Phi) is 1.62. The second-order valence-corrected chi connectivity index (χ2v) is 4.03. The molecule has 70 valence electrons. The highest BCUT2D eigenvalue weighted by Crippen LogP contribution is 2.32. The van der Waals surface area contributed by atoms with Crippen LogP contribution in [0.1, 0.15) is 24.6 Å². The number of nitrogens with zero attached hydrogens (tertiary/aromatic N) is 3. The van der Waals surface area contributed by atoms with E-state index in [0.29, 0.717) is 6.04 Å². The van der Waals surface area contributed by atoms with Crippen LogP contribution in [0.25, 0.3) is 0 Å². The van der Waals surface area contributed by atoms with Crippen LogP contribution in [0.4, 0.5) is 0 Å². The third kappa shape index (κ3) is 1.09. The average molecular weight is 178 g/mol. The maximum Gasteiger partial charge on any atom is 0.0725 e. The Morgan fingerprint density at radius 3 is 3.46 bits per heavy atom.